The second-order valence-electron chi connectivity index (χ2n) is 7.57. The van der Waals surface area contributed by atoms with Crippen molar-refractivity contribution in [2.75, 3.05) is 13.6 Å². The molecule has 0 spiro atoms. The van der Waals surface area contributed by atoms with E-state index in [4.69, 9.17) is 10.7 Å². The van der Waals surface area contributed by atoms with Gasteiger partial charge in [0.1, 0.15) is 6.54 Å². The number of amides is 4. The quantitative estimate of drug-likeness (QED) is 0.820. The number of carbonyl (C=O) groups excluding carboxylic acids is 3. The average Bonchev–Trinajstić information content (AvgIpc) is 3.19. The van der Waals surface area contributed by atoms with E-state index in [9.17, 15) is 14.4 Å². The first-order valence-electron chi connectivity index (χ1n) is 9.49. The minimum Gasteiger partial charge on any atom is -0.368 e. The SMILES string of the molecule is CC1=C(C)N2C(=NC3C2C(=O)N(CC(N)=O)C(=O)N3C)N1C(C)c1ccccc1. The molecule has 1 saturated heterocycles. The van der Waals surface area contributed by atoms with Crippen LogP contribution in [0.15, 0.2) is 46.7 Å². The van der Waals surface area contributed by atoms with Crippen LogP contribution in [0.2, 0.25) is 0 Å². The highest BCUT2D eigenvalue weighted by Gasteiger charge is 2.56. The summed E-state index contributed by atoms with van der Waals surface area (Å²) in [6, 6.07) is 8.75. The summed E-state index contributed by atoms with van der Waals surface area (Å²) >= 11 is 0. The number of likely N-dealkylation sites (N-methyl/N-ethyl adjacent to an activating group) is 1. The number of primary amides is 1. The maximum Gasteiger partial charge on any atom is 0.328 e. The Balaban J connectivity index is 1.73. The van der Waals surface area contributed by atoms with Crippen molar-refractivity contribution in [2.24, 2.45) is 10.7 Å². The zero-order chi connectivity index (χ0) is 21.0. The molecule has 3 aliphatic heterocycles. The number of urea groups is 1. The molecule has 9 heteroatoms. The van der Waals surface area contributed by atoms with Gasteiger partial charge in [0.15, 0.2) is 12.2 Å². The molecular formula is C20H24N6O3. The average molecular weight is 396 g/mol. The van der Waals surface area contributed by atoms with Crippen molar-refractivity contribution in [1.29, 1.82) is 0 Å². The highest BCUT2D eigenvalue weighted by molar-refractivity contribution is 6.06. The number of imide groups is 1. The summed E-state index contributed by atoms with van der Waals surface area (Å²) in [5, 5.41) is 0. The van der Waals surface area contributed by atoms with Gasteiger partial charge in [-0.25, -0.2) is 9.79 Å². The second-order valence-corrected chi connectivity index (χ2v) is 7.57. The Labute approximate surface area is 169 Å². The standard InChI is InChI=1S/C20H24N6O3/c1-11-12(2)26-16-17(23(4)20(29)24(18(16)28)10-15(21)27)22-19(26)25(11)13(3)14-8-6-5-7-9-14/h5-9,13,16-17H,10H2,1-4H3,(H2,21,27). The molecule has 29 heavy (non-hydrogen) atoms. The van der Waals surface area contributed by atoms with Crippen LogP contribution in [0.25, 0.3) is 0 Å². The monoisotopic (exact) mass is 396 g/mol. The van der Waals surface area contributed by atoms with E-state index in [1.165, 1.54) is 4.90 Å². The van der Waals surface area contributed by atoms with Crippen molar-refractivity contribution in [2.45, 2.75) is 39.0 Å². The van der Waals surface area contributed by atoms with Gasteiger partial charge in [-0.15, -0.1) is 0 Å². The maximum atomic E-state index is 13.2. The lowest BCUT2D eigenvalue weighted by molar-refractivity contribution is -0.139. The predicted octanol–water partition coefficient (Wildman–Crippen LogP) is 1.06. The third-order valence-electron chi connectivity index (χ3n) is 5.92. The Morgan fingerprint density at radius 1 is 1.17 bits per heavy atom. The van der Waals surface area contributed by atoms with Crippen LogP contribution in [0.3, 0.4) is 0 Å². The Kier molecular flexibility index (Phi) is 4.33. The molecule has 4 amide bonds. The Morgan fingerprint density at radius 2 is 1.83 bits per heavy atom. The molecule has 0 aromatic heterocycles. The molecule has 1 fully saturated rings. The molecule has 4 rings (SSSR count). The topological polar surface area (TPSA) is 103 Å². The molecule has 3 aliphatic rings. The van der Waals surface area contributed by atoms with Gasteiger partial charge in [-0.05, 0) is 26.3 Å². The van der Waals surface area contributed by atoms with Crippen LogP contribution in [-0.4, -0.2) is 69.2 Å². The minimum absolute atomic E-state index is 0.00659. The summed E-state index contributed by atoms with van der Waals surface area (Å²) < 4.78 is 0. The minimum atomic E-state index is -0.734. The van der Waals surface area contributed by atoms with Crippen LogP contribution >= 0.6 is 0 Å². The fourth-order valence-corrected chi connectivity index (χ4v) is 4.28. The third-order valence-corrected chi connectivity index (χ3v) is 5.92. The van der Waals surface area contributed by atoms with E-state index in [2.05, 4.69) is 11.8 Å². The van der Waals surface area contributed by atoms with Gasteiger partial charge in [-0.1, -0.05) is 30.3 Å². The number of aliphatic imine (C=N–C) groups is 1. The molecule has 152 valence electrons. The van der Waals surface area contributed by atoms with E-state index in [1.54, 1.807) is 7.05 Å². The summed E-state index contributed by atoms with van der Waals surface area (Å²) in [5.41, 5.74) is 8.26. The summed E-state index contributed by atoms with van der Waals surface area (Å²) in [7, 11) is 1.59. The molecule has 0 saturated carbocycles. The molecule has 0 aliphatic carbocycles. The third kappa shape index (κ3) is 2.68. The molecule has 3 atom stereocenters. The van der Waals surface area contributed by atoms with Crippen LogP contribution in [0.5, 0.6) is 0 Å². The van der Waals surface area contributed by atoms with E-state index >= 15 is 0 Å². The van der Waals surface area contributed by atoms with Gasteiger partial charge in [0, 0.05) is 18.4 Å². The van der Waals surface area contributed by atoms with Gasteiger partial charge in [-0.3, -0.25) is 19.4 Å². The van der Waals surface area contributed by atoms with Gasteiger partial charge in [0.25, 0.3) is 5.91 Å². The Morgan fingerprint density at radius 3 is 2.45 bits per heavy atom. The lowest BCUT2D eigenvalue weighted by Gasteiger charge is -2.40. The smallest absolute Gasteiger partial charge is 0.328 e. The Hall–Kier alpha value is -3.36. The summed E-state index contributed by atoms with van der Waals surface area (Å²) in [6.45, 7) is 5.57. The van der Waals surface area contributed by atoms with Crippen molar-refractivity contribution in [3.63, 3.8) is 0 Å². The molecule has 9 nitrogen and oxygen atoms in total. The van der Waals surface area contributed by atoms with Gasteiger partial charge in [0.2, 0.25) is 11.9 Å². The maximum absolute atomic E-state index is 13.2. The molecular weight excluding hydrogens is 372 g/mol. The first-order chi connectivity index (χ1) is 13.7. The van der Waals surface area contributed by atoms with Crippen molar-refractivity contribution in [3.8, 4) is 0 Å². The zero-order valence-electron chi connectivity index (χ0n) is 16.9. The van der Waals surface area contributed by atoms with Gasteiger partial charge in [-0.2, -0.15) is 0 Å². The number of carbonyl (C=O) groups is 3. The number of guanidine groups is 1. The molecule has 1 aromatic carbocycles. The van der Waals surface area contributed by atoms with Gasteiger partial charge >= 0.3 is 6.03 Å². The number of allylic oxidation sites excluding steroid dienone is 2. The molecule has 0 bridgehead atoms. The van der Waals surface area contributed by atoms with E-state index < -0.39 is 36.6 Å². The van der Waals surface area contributed by atoms with E-state index in [0.29, 0.717) is 5.96 Å². The highest BCUT2D eigenvalue weighted by Crippen LogP contribution is 2.41. The number of hydrogen-bond acceptors (Lipinski definition) is 6. The lowest BCUT2D eigenvalue weighted by atomic mass is 10.1. The molecule has 2 N–H and O–H groups in total. The van der Waals surface area contributed by atoms with Gasteiger partial charge in [0.05, 0.1) is 6.04 Å². The largest absolute Gasteiger partial charge is 0.368 e. The molecule has 0 radical (unpaired) electrons. The van der Waals surface area contributed by atoms with Crippen molar-refractivity contribution in [1.82, 2.24) is 19.6 Å². The lowest BCUT2D eigenvalue weighted by Crippen LogP contribution is -2.65. The van der Waals surface area contributed by atoms with Gasteiger partial charge < -0.3 is 15.5 Å². The first kappa shape index (κ1) is 19.0. The fraction of sp³-hybridized carbons (Fsp3) is 0.400. The van der Waals surface area contributed by atoms with Crippen LogP contribution < -0.4 is 5.73 Å². The van der Waals surface area contributed by atoms with Crippen LogP contribution in [0, 0.1) is 0 Å². The second kappa shape index (κ2) is 6.61. The summed E-state index contributed by atoms with van der Waals surface area (Å²) in [4.78, 5) is 48.2. The fourth-order valence-electron chi connectivity index (χ4n) is 4.28. The Bertz CT molecular complexity index is 956. The normalized spacial score (nSPS) is 24.8. The van der Waals surface area contributed by atoms with E-state index in [0.717, 1.165) is 21.9 Å². The molecule has 3 unspecified atom stereocenters. The van der Waals surface area contributed by atoms with Crippen LogP contribution in [-0.2, 0) is 9.59 Å². The number of benzene rings is 1. The number of nitrogens with two attached hydrogens (primary N) is 1. The number of nitrogens with zero attached hydrogens (tertiary/aromatic N) is 5. The zero-order valence-corrected chi connectivity index (χ0v) is 16.9. The first-order valence-corrected chi connectivity index (χ1v) is 9.49. The predicted molar refractivity (Wildman–Crippen MR) is 106 cm³/mol. The summed E-state index contributed by atoms with van der Waals surface area (Å²) in [5.74, 6) is -0.556. The molecule has 3 heterocycles. The number of rotatable bonds is 4. The van der Waals surface area contributed by atoms with Crippen LogP contribution in [0.4, 0.5) is 4.79 Å². The van der Waals surface area contributed by atoms with Crippen molar-refractivity contribution in [3.05, 3.63) is 47.3 Å². The highest BCUT2D eigenvalue weighted by atomic mass is 16.2. The van der Waals surface area contributed by atoms with Crippen LogP contribution in [0.1, 0.15) is 32.4 Å². The van der Waals surface area contributed by atoms with Crippen molar-refractivity contribution >= 4 is 23.8 Å². The number of fused-ring (bicyclic) bond motifs is 3. The summed E-state index contributed by atoms with van der Waals surface area (Å²) in [6.07, 6.45) is -0.650. The molecule has 1 aromatic rings. The number of hydrogen-bond donors (Lipinski definition) is 1. The van der Waals surface area contributed by atoms with Crippen molar-refractivity contribution < 1.29 is 14.4 Å². The van der Waals surface area contributed by atoms with E-state index in [1.807, 2.05) is 49.1 Å². The van der Waals surface area contributed by atoms with E-state index in [-0.39, 0.29) is 6.04 Å².